The highest BCUT2D eigenvalue weighted by atomic mass is 32.1. The van der Waals surface area contributed by atoms with Gasteiger partial charge in [0.05, 0.1) is 5.56 Å². The van der Waals surface area contributed by atoms with E-state index in [2.05, 4.69) is 10.3 Å². The molecule has 142 valence electrons. The number of thiazole rings is 1. The van der Waals surface area contributed by atoms with Gasteiger partial charge in [-0.1, -0.05) is 12.1 Å². The van der Waals surface area contributed by atoms with Crippen LogP contribution in [0.3, 0.4) is 0 Å². The average Bonchev–Trinajstić information content (AvgIpc) is 2.95. The minimum absolute atomic E-state index is 0.0386. The topological polar surface area (TPSA) is 82.6 Å². The molecule has 27 heavy (non-hydrogen) atoms. The number of anilines is 1. The molecule has 1 aliphatic heterocycles. The molecule has 0 aliphatic carbocycles. The molecule has 0 unspecified atom stereocenters. The number of rotatable bonds is 3. The first-order valence-corrected chi connectivity index (χ1v) is 9.40. The molecule has 3 amide bonds. The second kappa shape index (κ2) is 8.26. The van der Waals surface area contributed by atoms with Gasteiger partial charge in [0.2, 0.25) is 5.91 Å². The molecule has 0 bridgehead atoms. The fraction of sp³-hybridized carbons (Fsp3) is 0.333. The molecular weight excluding hydrogens is 371 g/mol. The second-order valence-corrected chi connectivity index (χ2v) is 6.99. The Hall–Kier alpha value is -2.81. The van der Waals surface area contributed by atoms with Crippen LogP contribution >= 0.6 is 11.3 Å². The molecule has 0 spiro atoms. The Labute approximate surface area is 159 Å². The lowest BCUT2D eigenvalue weighted by Gasteiger charge is -2.22. The van der Waals surface area contributed by atoms with Gasteiger partial charge in [0.25, 0.3) is 11.8 Å². The molecule has 1 aromatic carbocycles. The quantitative estimate of drug-likeness (QED) is 0.871. The van der Waals surface area contributed by atoms with E-state index in [1.165, 1.54) is 36.5 Å². The van der Waals surface area contributed by atoms with Gasteiger partial charge in [0.15, 0.2) is 5.13 Å². The normalized spacial score (nSPS) is 14.6. The summed E-state index contributed by atoms with van der Waals surface area (Å²) < 4.78 is 13.9. The van der Waals surface area contributed by atoms with Crippen LogP contribution in [-0.2, 0) is 4.79 Å². The fourth-order valence-electron chi connectivity index (χ4n) is 2.87. The van der Waals surface area contributed by atoms with Gasteiger partial charge in [-0.05, 0) is 18.6 Å². The van der Waals surface area contributed by atoms with Crippen molar-refractivity contribution >= 4 is 34.2 Å². The number of nitrogens with one attached hydrogen (secondary N) is 1. The summed E-state index contributed by atoms with van der Waals surface area (Å²) in [5.74, 6) is -1.42. The molecule has 0 atom stereocenters. The molecule has 7 nitrogen and oxygen atoms in total. The maximum atomic E-state index is 13.9. The maximum absolute atomic E-state index is 13.9. The van der Waals surface area contributed by atoms with Crippen LogP contribution in [-0.4, -0.2) is 58.7 Å². The van der Waals surface area contributed by atoms with E-state index in [-0.39, 0.29) is 29.0 Å². The van der Waals surface area contributed by atoms with Gasteiger partial charge in [-0.2, -0.15) is 0 Å². The van der Waals surface area contributed by atoms with Crippen molar-refractivity contribution in [2.45, 2.75) is 13.3 Å². The summed E-state index contributed by atoms with van der Waals surface area (Å²) >= 11 is 1.18. The molecule has 2 heterocycles. The van der Waals surface area contributed by atoms with Crippen molar-refractivity contribution in [1.82, 2.24) is 14.8 Å². The smallest absolute Gasteiger partial charge is 0.273 e. The highest BCUT2D eigenvalue weighted by molar-refractivity contribution is 7.14. The van der Waals surface area contributed by atoms with Crippen LogP contribution in [0.4, 0.5) is 9.52 Å². The predicted molar refractivity (Wildman–Crippen MR) is 99.2 cm³/mol. The van der Waals surface area contributed by atoms with Crippen molar-refractivity contribution in [2.75, 3.05) is 31.5 Å². The van der Waals surface area contributed by atoms with E-state index in [0.29, 0.717) is 37.7 Å². The van der Waals surface area contributed by atoms with Crippen LogP contribution in [0.1, 0.15) is 34.2 Å². The van der Waals surface area contributed by atoms with E-state index in [1.807, 2.05) is 0 Å². The number of hydrogen-bond donors (Lipinski definition) is 1. The Balaban J connectivity index is 1.65. The highest BCUT2D eigenvalue weighted by Gasteiger charge is 2.25. The van der Waals surface area contributed by atoms with Crippen LogP contribution in [0, 0.1) is 5.82 Å². The van der Waals surface area contributed by atoms with Crippen LogP contribution in [0.25, 0.3) is 0 Å². The lowest BCUT2D eigenvalue weighted by molar-refractivity contribution is -0.114. The zero-order valence-corrected chi connectivity index (χ0v) is 15.6. The van der Waals surface area contributed by atoms with Crippen molar-refractivity contribution in [3.8, 4) is 0 Å². The second-order valence-electron chi connectivity index (χ2n) is 6.14. The summed E-state index contributed by atoms with van der Waals surface area (Å²) in [7, 11) is 0. The van der Waals surface area contributed by atoms with E-state index >= 15 is 0 Å². The summed E-state index contributed by atoms with van der Waals surface area (Å²) in [5.41, 5.74) is 0.300. The third-order valence-electron chi connectivity index (χ3n) is 4.18. The number of carbonyl (C=O) groups is 3. The summed E-state index contributed by atoms with van der Waals surface area (Å²) in [6, 6.07) is 5.89. The first-order chi connectivity index (χ1) is 13.0. The molecule has 1 aromatic heterocycles. The van der Waals surface area contributed by atoms with E-state index in [4.69, 9.17) is 0 Å². The van der Waals surface area contributed by atoms with Gasteiger partial charge >= 0.3 is 0 Å². The zero-order chi connectivity index (χ0) is 19.4. The lowest BCUT2D eigenvalue weighted by Crippen LogP contribution is -2.37. The van der Waals surface area contributed by atoms with Crippen LogP contribution in [0.2, 0.25) is 0 Å². The lowest BCUT2D eigenvalue weighted by atomic mass is 10.2. The van der Waals surface area contributed by atoms with Crippen LogP contribution < -0.4 is 5.32 Å². The molecule has 1 N–H and O–H groups in total. The Morgan fingerprint density at radius 2 is 1.74 bits per heavy atom. The van der Waals surface area contributed by atoms with Gasteiger partial charge in [-0.25, -0.2) is 9.37 Å². The maximum Gasteiger partial charge on any atom is 0.273 e. The number of nitrogens with zero attached hydrogens (tertiary/aromatic N) is 3. The minimum atomic E-state index is -0.548. The Morgan fingerprint density at radius 1 is 1.07 bits per heavy atom. The number of benzene rings is 1. The molecular formula is C18H19FN4O3S. The number of aromatic nitrogens is 1. The van der Waals surface area contributed by atoms with Gasteiger partial charge in [-0.15, -0.1) is 11.3 Å². The third-order valence-corrected chi connectivity index (χ3v) is 4.94. The number of carbonyl (C=O) groups excluding carboxylic acids is 3. The molecule has 2 aromatic rings. The molecule has 1 aliphatic rings. The first kappa shape index (κ1) is 19.0. The molecule has 9 heteroatoms. The Kier molecular flexibility index (Phi) is 5.80. The van der Waals surface area contributed by atoms with Gasteiger partial charge in [0.1, 0.15) is 11.5 Å². The first-order valence-electron chi connectivity index (χ1n) is 8.52. The number of halogens is 1. The molecule has 1 saturated heterocycles. The molecule has 0 radical (unpaired) electrons. The van der Waals surface area contributed by atoms with Crippen molar-refractivity contribution in [3.05, 3.63) is 46.7 Å². The summed E-state index contributed by atoms with van der Waals surface area (Å²) in [4.78, 5) is 43.6. The highest BCUT2D eigenvalue weighted by Crippen LogP contribution is 2.18. The number of hydrogen-bond acceptors (Lipinski definition) is 5. The predicted octanol–water partition coefficient (Wildman–Crippen LogP) is 2.23. The monoisotopic (exact) mass is 390 g/mol. The zero-order valence-electron chi connectivity index (χ0n) is 14.8. The molecule has 1 fully saturated rings. The van der Waals surface area contributed by atoms with E-state index in [0.717, 1.165) is 0 Å². The minimum Gasteiger partial charge on any atom is -0.337 e. The van der Waals surface area contributed by atoms with Crippen LogP contribution in [0.15, 0.2) is 29.6 Å². The Bertz CT molecular complexity index is 870. The van der Waals surface area contributed by atoms with Gasteiger partial charge in [0, 0.05) is 38.5 Å². The summed E-state index contributed by atoms with van der Waals surface area (Å²) in [6.07, 6.45) is 0.592. The third kappa shape index (κ3) is 4.48. The van der Waals surface area contributed by atoms with E-state index < -0.39 is 5.82 Å². The van der Waals surface area contributed by atoms with Crippen molar-refractivity contribution in [3.63, 3.8) is 0 Å². The SMILES string of the molecule is CC(=O)Nc1nc(C(=O)N2CCCN(C(=O)c3ccccc3F)CC2)cs1. The largest absolute Gasteiger partial charge is 0.337 e. The van der Waals surface area contributed by atoms with Gasteiger partial charge in [-0.3, -0.25) is 14.4 Å². The van der Waals surface area contributed by atoms with E-state index in [9.17, 15) is 18.8 Å². The summed E-state index contributed by atoms with van der Waals surface area (Å²) in [5, 5.41) is 4.52. The standard InChI is InChI=1S/C18H19FN4O3S/c1-12(24)20-18-21-15(11-27-18)17(26)23-8-4-7-22(9-10-23)16(25)13-5-2-3-6-14(13)19/h2-3,5-6,11H,4,7-10H2,1H3,(H,20,21,24). The number of amides is 3. The molecule has 3 rings (SSSR count). The van der Waals surface area contributed by atoms with E-state index in [1.54, 1.807) is 21.2 Å². The van der Waals surface area contributed by atoms with Crippen LogP contribution in [0.5, 0.6) is 0 Å². The Morgan fingerprint density at radius 3 is 2.41 bits per heavy atom. The molecule has 0 saturated carbocycles. The fourth-order valence-corrected chi connectivity index (χ4v) is 3.60. The van der Waals surface area contributed by atoms with Crippen molar-refractivity contribution in [1.29, 1.82) is 0 Å². The summed E-state index contributed by atoms with van der Waals surface area (Å²) in [6.45, 7) is 2.96. The van der Waals surface area contributed by atoms with Gasteiger partial charge < -0.3 is 15.1 Å². The average molecular weight is 390 g/mol. The van der Waals surface area contributed by atoms with Crippen molar-refractivity contribution in [2.24, 2.45) is 0 Å². The van der Waals surface area contributed by atoms with Crippen molar-refractivity contribution < 1.29 is 18.8 Å².